The van der Waals surface area contributed by atoms with E-state index in [0.717, 1.165) is 15.9 Å². The van der Waals surface area contributed by atoms with E-state index in [1.54, 1.807) is 12.5 Å². The second-order valence-electron chi connectivity index (χ2n) is 7.16. The topological polar surface area (TPSA) is 59.3 Å². The lowest BCUT2D eigenvalue weighted by Crippen LogP contribution is -2.41. The van der Waals surface area contributed by atoms with Gasteiger partial charge in [-0.2, -0.15) is 5.10 Å². The smallest absolute Gasteiger partial charge is 0.498 e. The molecule has 1 aliphatic heterocycles. The van der Waals surface area contributed by atoms with Gasteiger partial charge in [-0.05, 0) is 56.6 Å². The van der Waals surface area contributed by atoms with Gasteiger partial charge in [0.15, 0.2) is 4.90 Å². The summed E-state index contributed by atoms with van der Waals surface area (Å²) in [5.74, 6) is 0. The molecule has 1 aromatic carbocycles. The van der Waals surface area contributed by atoms with Crippen LogP contribution in [0.1, 0.15) is 33.3 Å². The molecule has 24 heavy (non-hydrogen) atoms. The van der Waals surface area contributed by atoms with Crippen molar-refractivity contribution in [2.24, 2.45) is 0 Å². The highest BCUT2D eigenvalue weighted by atomic mass is 32.2. The first-order chi connectivity index (χ1) is 11.2. The molecule has 0 radical (unpaired) electrons. The molecule has 1 fully saturated rings. The molecule has 0 N–H and O–H groups in total. The van der Waals surface area contributed by atoms with Crippen LogP contribution in [0, 0.1) is 0 Å². The highest BCUT2D eigenvalue weighted by Gasteiger charge is 2.52. The van der Waals surface area contributed by atoms with Crippen molar-refractivity contribution in [3.8, 4) is 0 Å². The molecule has 5 nitrogen and oxygen atoms in total. The molecule has 7 heteroatoms. The van der Waals surface area contributed by atoms with Crippen molar-refractivity contribution >= 4 is 23.8 Å². The Morgan fingerprint density at radius 3 is 2.25 bits per heavy atom. The predicted octanol–water partition coefficient (Wildman–Crippen LogP) is 1.97. The van der Waals surface area contributed by atoms with E-state index in [1.165, 1.54) is 0 Å². The molecule has 0 saturated carbocycles. The van der Waals surface area contributed by atoms with Crippen LogP contribution in [-0.2, 0) is 27.0 Å². The zero-order valence-corrected chi connectivity index (χ0v) is 15.6. The van der Waals surface area contributed by atoms with Crippen molar-refractivity contribution in [2.45, 2.75) is 50.3 Å². The SMILES string of the molecule is C[S+]([O-])c1ccc(Cn2cc(B3OC(C)(C)C(C)(C)O3)cn2)cc1. The van der Waals surface area contributed by atoms with Crippen LogP contribution in [0.15, 0.2) is 41.6 Å². The lowest BCUT2D eigenvalue weighted by atomic mass is 9.82. The molecule has 1 unspecified atom stereocenters. The zero-order chi connectivity index (χ0) is 17.5. The minimum atomic E-state index is -0.952. The fraction of sp³-hybridized carbons (Fsp3) is 0.471. The first-order valence-electron chi connectivity index (χ1n) is 7.98. The monoisotopic (exact) mass is 346 g/mol. The summed E-state index contributed by atoms with van der Waals surface area (Å²) in [4.78, 5) is 0.831. The normalized spacial score (nSPS) is 20.3. The van der Waals surface area contributed by atoms with Gasteiger partial charge in [-0.1, -0.05) is 12.1 Å². The molecular weight excluding hydrogens is 323 g/mol. The molecule has 3 rings (SSSR count). The summed E-state index contributed by atoms with van der Waals surface area (Å²) in [5.41, 5.74) is 1.31. The molecule has 0 spiro atoms. The number of benzene rings is 1. The highest BCUT2D eigenvalue weighted by Crippen LogP contribution is 2.36. The minimum Gasteiger partial charge on any atom is -0.612 e. The number of hydrogen-bond donors (Lipinski definition) is 0. The third-order valence-electron chi connectivity index (χ3n) is 4.78. The summed E-state index contributed by atoms with van der Waals surface area (Å²) in [6, 6.07) is 7.74. The Kier molecular flexibility index (Phi) is 4.55. The average Bonchev–Trinajstić information content (AvgIpc) is 3.02. The van der Waals surface area contributed by atoms with E-state index in [9.17, 15) is 4.55 Å². The summed E-state index contributed by atoms with van der Waals surface area (Å²) >= 11 is -0.952. The Morgan fingerprint density at radius 1 is 1.12 bits per heavy atom. The van der Waals surface area contributed by atoms with Gasteiger partial charge in [-0.15, -0.1) is 0 Å². The van der Waals surface area contributed by atoms with Gasteiger partial charge >= 0.3 is 7.12 Å². The minimum absolute atomic E-state index is 0.356. The van der Waals surface area contributed by atoms with Crippen molar-refractivity contribution in [1.82, 2.24) is 9.78 Å². The molecule has 2 aromatic rings. The van der Waals surface area contributed by atoms with Crippen LogP contribution in [0.2, 0.25) is 0 Å². The van der Waals surface area contributed by atoms with Gasteiger partial charge in [0.2, 0.25) is 0 Å². The standard InChI is InChI=1S/C17H23BN2O3S/c1-16(2)17(3,4)23-18(22-16)14-10-19-20(12-14)11-13-6-8-15(9-7-13)24(5)21/h6-10,12H,11H2,1-5H3. The van der Waals surface area contributed by atoms with Gasteiger partial charge < -0.3 is 13.9 Å². The summed E-state index contributed by atoms with van der Waals surface area (Å²) < 4.78 is 25.4. The molecule has 0 amide bonds. The van der Waals surface area contributed by atoms with Gasteiger partial charge in [-0.3, -0.25) is 4.68 Å². The Hall–Kier alpha value is -1.28. The maximum atomic E-state index is 11.4. The second kappa shape index (κ2) is 6.22. The molecule has 1 aliphatic rings. The van der Waals surface area contributed by atoms with Crippen molar-refractivity contribution in [3.05, 3.63) is 42.2 Å². The fourth-order valence-electron chi connectivity index (χ4n) is 2.54. The van der Waals surface area contributed by atoms with E-state index in [4.69, 9.17) is 9.31 Å². The Labute approximate surface area is 146 Å². The molecular formula is C17H23BN2O3S. The summed E-state index contributed by atoms with van der Waals surface area (Å²) in [5, 5.41) is 4.41. The Bertz CT molecular complexity index is 697. The van der Waals surface area contributed by atoms with E-state index in [-0.39, 0.29) is 11.2 Å². The van der Waals surface area contributed by atoms with E-state index < -0.39 is 18.3 Å². The van der Waals surface area contributed by atoms with Gasteiger partial charge in [-0.25, -0.2) is 0 Å². The lowest BCUT2D eigenvalue weighted by molar-refractivity contribution is 0.00578. The van der Waals surface area contributed by atoms with E-state index >= 15 is 0 Å². The number of nitrogens with zero attached hydrogens (tertiary/aromatic N) is 2. The first kappa shape index (κ1) is 17.5. The third kappa shape index (κ3) is 3.40. The average molecular weight is 346 g/mol. The zero-order valence-electron chi connectivity index (χ0n) is 14.8. The van der Waals surface area contributed by atoms with Crippen molar-refractivity contribution < 1.29 is 13.9 Å². The fourth-order valence-corrected chi connectivity index (χ4v) is 3.06. The van der Waals surface area contributed by atoms with Gasteiger partial charge in [0, 0.05) is 17.9 Å². The van der Waals surface area contributed by atoms with E-state index in [1.807, 2.05) is 62.8 Å². The number of rotatable bonds is 4. The van der Waals surface area contributed by atoms with Gasteiger partial charge in [0.05, 0.1) is 17.7 Å². The maximum absolute atomic E-state index is 11.4. The first-order valence-corrected chi connectivity index (χ1v) is 9.54. The van der Waals surface area contributed by atoms with Crippen LogP contribution in [0.3, 0.4) is 0 Å². The molecule has 1 aromatic heterocycles. The molecule has 1 saturated heterocycles. The molecule has 0 aliphatic carbocycles. The molecule has 1 atom stereocenters. The quantitative estimate of drug-likeness (QED) is 0.627. The van der Waals surface area contributed by atoms with Crippen molar-refractivity contribution in [1.29, 1.82) is 0 Å². The van der Waals surface area contributed by atoms with Crippen LogP contribution < -0.4 is 5.46 Å². The largest absolute Gasteiger partial charge is 0.612 e. The predicted molar refractivity (Wildman–Crippen MR) is 95.8 cm³/mol. The van der Waals surface area contributed by atoms with E-state index in [2.05, 4.69) is 5.10 Å². The summed E-state index contributed by atoms with van der Waals surface area (Å²) in [6.45, 7) is 8.80. The molecule has 128 valence electrons. The van der Waals surface area contributed by atoms with Crippen LogP contribution in [0.4, 0.5) is 0 Å². The van der Waals surface area contributed by atoms with E-state index in [0.29, 0.717) is 6.54 Å². The second-order valence-corrected chi connectivity index (χ2v) is 8.54. The van der Waals surface area contributed by atoms with Gasteiger partial charge in [0.1, 0.15) is 6.26 Å². The molecule has 2 heterocycles. The maximum Gasteiger partial charge on any atom is 0.498 e. The van der Waals surface area contributed by atoms with Crippen molar-refractivity contribution in [2.75, 3.05) is 6.26 Å². The molecule has 0 bridgehead atoms. The lowest BCUT2D eigenvalue weighted by Gasteiger charge is -2.32. The van der Waals surface area contributed by atoms with Crippen LogP contribution in [-0.4, -0.2) is 38.9 Å². The van der Waals surface area contributed by atoms with Crippen LogP contribution >= 0.6 is 0 Å². The number of hydrogen-bond acceptors (Lipinski definition) is 4. The Balaban J connectivity index is 1.70. The summed E-state index contributed by atoms with van der Waals surface area (Å²) in [6.07, 6.45) is 5.42. The number of aromatic nitrogens is 2. The van der Waals surface area contributed by atoms with Crippen LogP contribution in [0.5, 0.6) is 0 Å². The highest BCUT2D eigenvalue weighted by molar-refractivity contribution is 7.90. The third-order valence-corrected chi connectivity index (χ3v) is 5.71. The summed E-state index contributed by atoms with van der Waals surface area (Å²) in [7, 11) is -0.395. The van der Waals surface area contributed by atoms with Gasteiger partial charge in [0.25, 0.3) is 0 Å². The van der Waals surface area contributed by atoms with Crippen LogP contribution in [0.25, 0.3) is 0 Å². The Morgan fingerprint density at radius 2 is 1.71 bits per heavy atom. The van der Waals surface area contributed by atoms with Crippen molar-refractivity contribution in [3.63, 3.8) is 0 Å².